The molecule has 5 nitrogen and oxygen atoms in total. The summed E-state index contributed by atoms with van der Waals surface area (Å²) in [6.45, 7) is 5.05. The number of anilines is 2. The molecule has 1 aliphatic rings. The lowest BCUT2D eigenvalue weighted by Gasteiger charge is -2.36. The van der Waals surface area contributed by atoms with Crippen LogP contribution in [0.5, 0.6) is 0 Å². The number of nitrogens with one attached hydrogen (secondary N) is 2. The second-order valence-corrected chi connectivity index (χ2v) is 8.50. The van der Waals surface area contributed by atoms with Gasteiger partial charge in [0.15, 0.2) is 5.11 Å². The summed E-state index contributed by atoms with van der Waals surface area (Å²) in [5, 5.41) is 6.35. The normalized spacial score (nSPS) is 14.1. The first kappa shape index (κ1) is 22.3. The highest BCUT2D eigenvalue weighted by atomic mass is 35.5. The zero-order valence-corrected chi connectivity index (χ0v) is 19.2. The minimum absolute atomic E-state index is 0.234. The molecule has 1 aliphatic heterocycles. The number of carbonyl (C=O) groups is 1. The molecule has 4 rings (SSSR count). The number of hydrogen-bond donors (Lipinski definition) is 2. The fourth-order valence-corrected chi connectivity index (χ4v) is 4.17. The topological polar surface area (TPSA) is 47.6 Å². The van der Waals surface area contributed by atoms with Crippen LogP contribution in [0.4, 0.5) is 11.4 Å². The maximum absolute atomic E-state index is 12.3. The van der Waals surface area contributed by atoms with E-state index in [-0.39, 0.29) is 11.0 Å². The van der Waals surface area contributed by atoms with Crippen LogP contribution in [0.2, 0.25) is 5.02 Å². The van der Waals surface area contributed by atoms with Crippen molar-refractivity contribution >= 4 is 46.2 Å². The Morgan fingerprint density at radius 3 is 2.22 bits per heavy atom. The molecule has 0 atom stereocenters. The summed E-state index contributed by atoms with van der Waals surface area (Å²) in [6, 6.07) is 25.6. The first-order valence-electron chi connectivity index (χ1n) is 10.6. The summed E-state index contributed by atoms with van der Waals surface area (Å²) in [4.78, 5) is 17.2. The van der Waals surface area contributed by atoms with Gasteiger partial charge in [0, 0.05) is 44.1 Å². The van der Waals surface area contributed by atoms with Crippen molar-refractivity contribution in [1.82, 2.24) is 10.2 Å². The first-order valence-corrected chi connectivity index (χ1v) is 11.4. The summed E-state index contributed by atoms with van der Waals surface area (Å²) in [6.07, 6.45) is 0. The molecule has 0 spiro atoms. The maximum Gasteiger partial charge on any atom is 0.258 e. The van der Waals surface area contributed by atoms with E-state index in [1.165, 1.54) is 11.3 Å². The zero-order chi connectivity index (χ0) is 22.3. The molecule has 0 unspecified atom stereocenters. The van der Waals surface area contributed by atoms with E-state index in [0.717, 1.165) is 38.4 Å². The molecule has 7 heteroatoms. The summed E-state index contributed by atoms with van der Waals surface area (Å²) < 4.78 is 0. The second-order valence-electron chi connectivity index (χ2n) is 7.68. The standard InChI is InChI=1S/C25H25ClN4OS/c26-23-9-5-4-8-22(23)24(31)28-25(32)27-20-10-12-21(13-11-20)30-16-14-29(15-17-30)18-19-6-2-1-3-7-19/h1-13H,14-18H2,(H2,27,28,31,32). The van der Waals surface area contributed by atoms with E-state index in [1.54, 1.807) is 24.3 Å². The van der Waals surface area contributed by atoms with Gasteiger partial charge in [0.05, 0.1) is 10.6 Å². The van der Waals surface area contributed by atoms with Gasteiger partial charge in [-0.05, 0) is 54.2 Å². The molecule has 0 aromatic heterocycles. The number of hydrogen-bond acceptors (Lipinski definition) is 4. The van der Waals surface area contributed by atoms with Crippen molar-refractivity contribution in [2.75, 3.05) is 36.4 Å². The molecule has 3 aromatic carbocycles. The molecule has 0 aliphatic carbocycles. The fourth-order valence-electron chi connectivity index (χ4n) is 3.74. The van der Waals surface area contributed by atoms with E-state index >= 15 is 0 Å². The molecule has 3 aromatic rings. The smallest absolute Gasteiger partial charge is 0.258 e. The minimum atomic E-state index is -0.335. The van der Waals surface area contributed by atoms with Crippen LogP contribution in [-0.2, 0) is 6.54 Å². The largest absolute Gasteiger partial charge is 0.369 e. The number of thiocarbonyl (C=S) groups is 1. The molecule has 0 radical (unpaired) electrons. The number of rotatable bonds is 5. The van der Waals surface area contributed by atoms with E-state index in [0.29, 0.717) is 10.6 Å². The molecular formula is C25H25ClN4OS. The number of halogens is 1. The molecular weight excluding hydrogens is 440 g/mol. The number of benzene rings is 3. The molecule has 1 fully saturated rings. The molecule has 1 heterocycles. The van der Waals surface area contributed by atoms with Crippen molar-refractivity contribution in [3.8, 4) is 0 Å². The summed E-state index contributed by atoms with van der Waals surface area (Å²) >= 11 is 11.3. The predicted molar refractivity (Wildman–Crippen MR) is 136 cm³/mol. The van der Waals surface area contributed by atoms with Crippen LogP contribution in [0.15, 0.2) is 78.9 Å². The lowest BCUT2D eigenvalue weighted by Crippen LogP contribution is -2.45. The van der Waals surface area contributed by atoms with Gasteiger partial charge < -0.3 is 10.2 Å². The highest BCUT2D eigenvalue weighted by Gasteiger charge is 2.17. The Balaban J connectivity index is 1.26. The van der Waals surface area contributed by atoms with Crippen molar-refractivity contribution in [2.24, 2.45) is 0 Å². The van der Waals surface area contributed by atoms with Crippen molar-refractivity contribution in [2.45, 2.75) is 6.54 Å². The quantitative estimate of drug-likeness (QED) is 0.532. The number of nitrogens with zero attached hydrogens (tertiary/aromatic N) is 2. The Labute approximate surface area is 199 Å². The highest BCUT2D eigenvalue weighted by molar-refractivity contribution is 7.80. The van der Waals surface area contributed by atoms with E-state index < -0.39 is 0 Å². The maximum atomic E-state index is 12.3. The molecule has 2 N–H and O–H groups in total. The number of carbonyl (C=O) groups excluding carboxylic acids is 1. The van der Waals surface area contributed by atoms with Gasteiger partial charge >= 0.3 is 0 Å². The van der Waals surface area contributed by atoms with Crippen molar-refractivity contribution in [3.05, 3.63) is 95.0 Å². The Morgan fingerprint density at radius 2 is 1.53 bits per heavy atom. The number of amides is 1. The fraction of sp³-hybridized carbons (Fsp3) is 0.200. The van der Waals surface area contributed by atoms with Gasteiger partial charge in [-0.1, -0.05) is 54.1 Å². The minimum Gasteiger partial charge on any atom is -0.369 e. The average molecular weight is 465 g/mol. The van der Waals surface area contributed by atoms with E-state index in [2.05, 4.69) is 62.9 Å². The van der Waals surface area contributed by atoms with Gasteiger partial charge in [-0.15, -0.1) is 0 Å². The van der Waals surface area contributed by atoms with E-state index in [1.807, 2.05) is 12.1 Å². The van der Waals surface area contributed by atoms with Gasteiger partial charge in [0.1, 0.15) is 0 Å². The van der Waals surface area contributed by atoms with Crippen LogP contribution in [0.3, 0.4) is 0 Å². The summed E-state index contributed by atoms with van der Waals surface area (Å²) in [5.74, 6) is -0.335. The molecule has 1 amide bonds. The average Bonchev–Trinajstić information content (AvgIpc) is 2.81. The summed E-state index contributed by atoms with van der Waals surface area (Å²) in [5.41, 5.74) is 3.75. The predicted octanol–water partition coefficient (Wildman–Crippen LogP) is 4.79. The SMILES string of the molecule is O=C(NC(=S)Nc1ccc(N2CCN(Cc3ccccc3)CC2)cc1)c1ccccc1Cl. The third kappa shape index (κ3) is 5.85. The molecule has 32 heavy (non-hydrogen) atoms. The van der Waals surface area contributed by atoms with Crippen molar-refractivity contribution in [1.29, 1.82) is 0 Å². The Kier molecular flexibility index (Phi) is 7.37. The zero-order valence-electron chi connectivity index (χ0n) is 17.6. The molecule has 0 saturated carbocycles. The molecule has 164 valence electrons. The third-order valence-corrected chi connectivity index (χ3v) is 5.99. The van der Waals surface area contributed by atoms with Crippen molar-refractivity contribution in [3.63, 3.8) is 0 Å². The van der Waals surface area contributed by atoms with Crippen LogP contribution < -0.4 is 15.5 Å². The third-order valence-electron chi connectivity index (χ3n) is 5.46. The van der Waals surface area contributed by atoms with Crippen LogP contribution >= 0.6 is 23.8 Å². The van der Waals surface area contributed by atoms with Crippen LogP contribution in [0.25, 0.3) is 0 Å². The lowest BCUT2D eigenvalue weighted by molar-refractivity contribution is 0.0978. The van der Waals surface area contributed by atoms with Gasteiger partial charge in [-0.2, -0.15) is 0 Å². The molecule has 0 bridgehead atoms. The van der Waals surface area contributed by atoms with Gasteiger partial charge in [-0.3, -0.25) is 15.0 Å². The Morgan fingerprint density at radius 1 is 0.875 bits per heavy atom. The Bertz CT molecular complexity index is 1070. The van der Waals surface area contributed by atoms with Gasteiger partial charge in [-0.25, -0.2) is 0 Å². The first-order chi connectivity index (χ1) is 15.6. The second kappa shape index (κ2) is 10.6. The monoisotopic (exact) mass is 464 g/mol. The number of piperazine rings is 1. The van der Waals surface area contributed by atoms with Crippen LogP contribution in [0, 0.1) is 0 Å². The summed E-state index contributed by atoms with van der Waals surface area (Å²) in [7, 11) is 0. The Hall–Kier alpha value is -2.93. The lowest BCUT2D eigenvalue weighted by atomic mass is 10.2. The van der Waals surface area contributed by atoms with E-state index in [9.17, 15) is 4.79 Å². The van der Waals surface area contributed by atoms with Crippen LogP contribution in [-0.4, -0.2) is 42.1 Å². The van der Waals surface area contributed by atoms with Crippen molar-refractivity contribution < 1.29 is 4.79 Å². The van der Waals surface area contributed by atoms with E-state index in [4.69, 9.17) is 23.8 Å². The molecule has 1 saturated heterocycles. The van der Waals surface area contributed by atoms with Gasteiger partial charge in [0.25, 0.3) is 5.91 Å². The van der Waals surface area contributed by atoms with Gasteiger partial charge in [0.2, 0.25) is 0 Å². The van der Waals surface area contributed by atoms with Crippen LogP contribution in [0.1, 0.15) is 15.9 Å². The highest BCUT2D eigenvalue weighted by Crippen LogP contribution is 2.20.